The van der Waals surface area contributed by atoms with Crippen LogP contribution in [0.5, 0.6) is 0 Å². The quantitative estimate of drug-likeness (QED) is 0.907. The highest BCUT2D eigenvalue weighted by molar-refractivity contribution is 5.79. The second-order valence-corrected chi connectivity index (χ2v) is 8.62. The summed E-state index contributed by atoms with van der Waals surface area (Å²) in [6, 6.07) is 2.47. The monoisotopic (exact) mass is 344 g/mol. The Labute approximate surface area is 151 Å². The molecule has 0 radical (unpaired) electrons. The van der Waals surface area contributed by atoms with Crippen LogP contribution in [0.4, 0.5) is 5.82 Å². The zero-order valence-electron chi connectivity index (χ0n) is 15.9. The third-order valence-corrected chi connectivity index (χ3v) is 5.53. The highest BCUT2D eigenvalue weighted by Crippen LogP contribution is 2.29. The molecule has 25 heavy (non-hydrogen) atoms. The maximum Gasteiger partial charge on any atom is 0.225 e. The first kappa shape index (κ1) is 18.2. The van der Waals surface area contributed by atoms with E-state index in [-0.39, 0.29) is 11.3 Å². The van der Waals surface area contributed by atoms with Crippen LogP contribution in [0.2, 0.25) is 0 Å². The molecule has 1 saturated carbocycles. The molecule has 3 rings (SSSR count). The fourth-order valence-corrected chi connectivity index (χ4v) is 3.91. The molecule has 0 bridgehead atoms. The number of anilines is 1. The van der Waals surface area contributed by atoms with E-state index in [1.807, 2.05) is 0 Å². The van der Waals surface area contributed by atoms with Gasteiger partial charge in [0.15, 0.2) is 0 Å². The molecule has 0 unspecified atom stereocenters. The molecule has 1 aromatic heterocycles. The minimum atomic E-state index is 0.0257. The lowest BCUT2D eigenvalue weighted by molar-refractivity contribution is -0.137. The molecular weight excluding hydrogens is 312 g/mol. The second kappa shape index (κ2) is 7.71. The van der Waals surface area contributed by atoms with Crippen molar-refractivity contribution in [2.24, 2.45) is 5.92 Å². The Morgan fingerprint density at radius 3 is 2.40 bits per heavy atom. The molecule has 1 aliphatic heterocycles. The summed E-state index contributed by atoms with van der Waals surface area (Å²) in [5, 5.41) is 3.56. The van der Waals surface area contributed by atoms with E-state index in [4.69, 9.17) is 0 Å². The summed E-state index contributed by atoms with van der Waals surface area (Å²) in [6.07, 6.45) is 9.33. The van der Waals surface area contributed by atoms with Crippen LogP contribution in [0.25, 0.3) is 0 Å². The Morgan fingerprint density at radius 1 is 1.08 bits per heavy atom. The minimum Gasteiger partial charge on any atom is -0.367 e. The van der Waals surface area contributed by atoms with Crippen molar-refractivity contribution in [3.05, 3.63) is 18.1 Å². The average molecular weight is 345 g/mol. The molecule has 5 heteroatoms. The number of carbonyl (C=O) groups is 1. The summed E-state index contributed by atoms with van der Waals surface area (Å²) in [5.41, 5.74) is 1.08. The SMILES string of the molecule is CC(C)(C)c1cc(NC2CCC(C(=O)N3CCCCC3)CC2)ncn1. The van der Waals surface area contributed by atoms with Gasteiger partial charge in [-0.25, -0.2) is 9.97 Å². The molecule has 5 nitrogen and oxygen atoms in total. The largest absolute Gasteiger partial charge is 0.367 e. The summed E-state index contributed by atoms with van der Waals surface area (Å²) in [5.74, 6) is 1.53. The number of rotatable bonds is 3. The second-order valence-electron chi connectivity index (χ2n) is 8.62. The van der Waals surface area contributed by atoms with Crippen molar-refractivity contribution in [1.82, 2.24) is 14.9 Å². The van der Waals surface area contributed by atoms with E-state index < -0.39 is 0 Å². The van der Waals surface area contributed by atoms with Crippen LogP contribution in [0, 0.1) is 5.92 Å². The average Bonchev–Trinajstić information content (AvgIpc) is 2.62. The molecule has 1 aliphatic carbocycles. The van der Waals surface area contributed by atoms with Crippen molar-refractivity contribution < 1.29 is 4.79 Å². The molecule has 1 aromatic rings. The molecule has 2 fully saturated rings. The Bertz CT molecular complexity index is 582. The van der Waals surface area contributed by atoms with E-state index in [0.29, 0.717) is 11.9 Å². The van der Waals surface area contributed by atoms with Gasteiger partial charge in [-0.15, -0.1) is 0 Å². The number of hydrogen-bond donors (Lipinski definition) is 1. The molecule has 0 spiro atoms. The molecule has 2 heterocycles. The van der Waals surface area contributed by atoms with Crippen molar-refractivity contribution in [3.8, 4) is 0 Å². The number of likely N-dealkylation sites (tertiary alicyclic amines) is 1. The Balaban J connectivity index is 1.52. The van der Waals surface area contributed by atoms with E-state index in [2.05, 4.69) is 47.0 Å². The summed E-state index contributed by atoms with van der Waals surface area (Å²) >= 11 is 0. The smallest absolute Gasteiger partial charge is 0.225 e. The van der Waals surface area contributed by atoms with E-state index in [1.165, 1.54) is 19.3 Å². The lowest BCUT2D eigenvalue weighted by Gasteiger charge is -2.34. The van der Waals surface area contributed by atoms with Crippen LogP contribution in [-0.4, -0.2) is 39.9 Å². The van der Waals surface area contributed by atoms with Crippen LogP contribution in [0.1, 0.15) is 71.4 Å². The van der Waals surface area contributed by atoms with Crippen molar-refractivity contribution in [1.29, 1.82) is 0 Å². The highest BCUT2D eigenvalue weighted by atomic mass is 16.2. The third-order valence-electron chi connectivity index (χ3n) is 5.53. The van der Waals surface area contributed by atoms with Crippen LogP contribution < -0.4 is 5.32 Å². The molecule has 2 aliphatic rings. The molecule has 138 valence electrons. The van der Waals surface area contributed by atoms with E-state index in [9.17, 15) is 4.79 Å². The van der Waals surface area contributed by atoms with Gasteiger partial charge < -0.3 is 10.2 Å². The van der Waals surface area contributed by atoms with Gasteiger partial charge >= 0.3 is 0 Å². The van der Waals surface area contributed by atoms with Gasteiger partial charge in [-0.1, -0.05) is 20.8 Å². The molecule has 0 aromatic carbocycles. The van der Waals surface area contributed by atoms with Crippen LogP contribution in [0.3, 0.4) is 0 Å². The number of nitrogens with one attached hydrogen (secondary N) is 1. The summed E-state index contributed by atoms with van der Waals surface area (Å²) < 4.78 is 0. The number of carbonyl (C=O) groups excluding carboxylic acids is 1. The maximum atomic E-state index is 12.7. The van der Waals surface area contributed by atoms with Gasteiger partial charge in [0.05, 0.1) is 5.69 Å². The molecule has 1 amide bonds. The summed E-state index contributed by atoms with van der Waals surface area (Å²) in [7, 11) is 0. The number of hydrogen-bond acceptors (Lipinski definition) is 4. The lowest BCUT2D eigenvalue weighted by atomic mass is 9.84. The number of aromatic nitrogens is 2. The van der Waals surface area contributed by atoms with Crippen LogP contribution >= 0.6 is 0 Å². The van der Waals surface area contributed by atoms with Gasteiger partial charge in [-0.05, 0) is 44.9 Å². The topological polar surface area (TPSA) is 58.1 Å². The third kappa shape index (κ3) is 4.71. The van der Waals surface area contributed by atoms with Gasteiger partial charge in [0.2, 0.25) is 5.91 Å². The van der Waals surface area contributed by atoms with Crippen molar-refractivity contribution in [2.45, 2.75) is 77.2 Å². The van der Waals surface area contributed by atoms with E-state index in [1.54, 1.807) is 6.33 Å². The predicted octanol–water partition coefficient (Wildman–Crippen LogP) is 3.76. The molecular formula is C20H32N4O. The fraction of sp³-hybridized carbons (Fsp3) is 0.750. The van der Waals surface area contributed by atoms with Gasteiger partial charge in [-0.3, -0.25) is 4.79 Å². The molecule has 1 saturated heterocycles. The Hall–Kier alpha value is -1.65. The Kier molecular flexibility index (Phi) is 5.60. The summed E-state index contributed by atoms with van der Waals surface area (Å²) in [4.78, 5) is 23.5. The van der Waals surface area contributed by atoms with Gasteiger partial charge in [0.1, 0.15) is 12.1 Å². The van der Waals surface area contributed by atoms with Crippen molar-refractivity contribution in [2.75, 3.05) is 18.4 Å². The number of amides is 1. The van der Waals surface area contributed by atoms with Gasteiger partial charge in [0.25, 0.3) is 0 Å². The normalized spacial score (nSPS) is 24.8. The number of piperidine rings is 1. The zero-order valence-corrected chi connectivity index (χ0v) is 15.9. The first-order chi connectivity index (χ1) is 11.9. The zero-order chi connectivity index (χ0) is 17.9. The number of nitrogens with zero attached hydrogens (tertiary/aromatic N) is 3. The van der Waals surface area contributed by atoms with E-state index >= 15 is 0 Å². The first-order valence-corrected chi connectivity index (χ1v) is 9.81. The minimum absolute atomic E-state index is 0.0257. The van der Waals surface area contributed by atoms with Crippen molar-refractivity contribution >= 4 is 11.7 Å². The lowest BCUT2D eigenvalue weighted by Crippen LogP contribution is -2.41. The van der Waals surface area contributed by atoms with E-state index in [0.717, 1.165) is 50.3 Å². The van der Waals surface area contributed by atoms with Gasteiger partial charge in [-0.2, -0.15) is 0 Å². The Morgan fingerprint density at radius 2 is 1.76 bits per heavy atom. The molecule has 1 N–H and O–H groups in total. The van der Waals surface area contributed by atoms with Crippen LogP contribution in [-0.2, 0) is 10.2 Å². The van der Waals surface area contributed by atoms with Gasteiger partial charge in [0, 0.05) is 36.5 Å². The standard InChI is InChI=1S/C20H32N4O/c1-20(2,3)17-13-18(22-14-21-17)23-16-9-7-15(8-10-16)19(25)24-11-5-4-6-12-24/h13-16H,4-12H2,1-3H3,(H,21,22,23). The first-order valence-electron chi connectivity index (χ1n) is 9.81. The summed E-state index contributed by atoms with van der Waals surface area (Å²) in [6.45, 7) is 8.42. The predicted molar refractivity (Wildman–Crippen MR) is 101 cm³/mol. The molecule has 0 atom stereocenters. The van der Waals surface area contributed by atoms with Crippen molar-refractivity contribution in [3.63, 3.8) is 0 Å². The highest BCUT2D eigenvalue weighted by Gasteiger charge is 2.30. The fourth-order valence-electron chi connectivity index (χ4n) is 3.91. The maximum absolute atomic E-state index is 12.7. The van der Waals surface area contributed by atoms with Crippen LogP contribution in [0.15, 0.2) is 12.4 Å².